The fraction of sp³-hybridized carbons (Fsp3) is 0.375. The van der Waals surface area contributed by atoms with Crippen molar-refractivity contribution in [3.05, 3.63) is 77.6 Å². The minimum Gasteiger partial charge on any atom is -0.497 e. The van der Waals surface area contributed by atoms with Crippen LogP contribution >= 0.6 is 0 Å². The number of hydrogen-bond donors (Lipinski definition) is 1. The summed E-state index contributed by atoms with van der Waals surface area (Å²) in [6, 6.07) is 17.2. The van der Waals surface area contributed by atoms with E-state index < -0.39 is 0 Å². The normalized spacial score (nSPS) is 17.4. The zero-order valence-corrected chi connectivity index (χ0v) is 17.3. The predicted octanol–water partition coefficient (Wildman–Crippen LogP) is 3.94. The Morgan fingerprint density at radius 1 is 1.14 bits per heavy atom. The van der Waals surface area contributed by atoms with Crippen LogP contribution in [0.5, 0.6) is 5.75 Å². The molecule has 1 aliphatic heterocycles. The number of likely N-dealkylation sites (tertiary alicyclic amines) is 1. The van der Waals surface area contributed by atoms with Gasteiger partial charge < -0.3 is 10.1 Å². The molecule has 1 atom stereocenters. The maximum atomic E-state index is 5.36. The molecule has 5 heteroatoms. The van der Waals surface area contributed by atoms with Crippen LogP contribution in [0.4, 0.5) is 0 Å². The fourth-order valence-electron chi connectivity index (χ4n) is 4.06. The molecule has 1 N–H and O–H groups in total. The van der Waals surface area contributed by atoms with E-state index in [1.54, 1.807) is 7.11 Å². The Balaban J connectivity index is 1.31. The second kappa shape index (κ2) is 9.25. The van der Waals surface area contributed by atoms with E-state index in [4.69, 9.17) is 4.74 Å². The summed E-state index contributed by atoms with van der Waals surface area (Å²) in [5.74, 6) is 0.930. The first-order valence-corrected chi connectivity index (χ1v) is 10.4. The molecule has 0 amide bonds. The van der Waals surface area contributed by atoms with Crippen LogP contribution in [0.15, 0.2) is 60.9 Å². The Morgan fingerprint density at radius 2 is 2.03 bits per heavy atom. The summed E-state index contributed by atoms with van der Waals surface area (Å²) >= 11 is 0. The van der Waals surface area contributed by atoms with Crippen molar-refractivity contribution in [2.75, 3.05) is 20.2 Å². The van der Waals surface area contributed by atoms with Gasteiger partial charge in [-0.1, -0.05) is 30.3 Å². The van der Waals surface area contributed by atoms with Crippen LogP contribution in [0.2, 0.25) is 0 Å². The van der Waals surface area contributed by atoms with E-state index in [-0.39, 0.29) is 0 Å². The Hall–Kier alpha value is -2.63. The summed E-state index contributed by atoms with van der Waals surface area (Å²) in [5, 5.41) is 8.29. The average Bonchev–Trinajstić information content (AvgIpc) is 3.22. The van der Waals surface area contributed by atoms with Gasteiger partial charge in [-0.15, -0.1) is 0 Å². The lowest BCUT2D eigenvalue weighted by molar-refractivity contribution is 0.182. The van der Waals surface area contributed by atoms with Gasteiger partial charge in [0.05, 0.1) is 19.0 Å². The number of rotatable bonds is 7. The van der Waals surface area contributed by atoms with E-state index in [0.29, 0.717) is 6.04 Å². The second-order valence-corrected chi connectivity index (χ2v) is 7.89. The molecule has 0 spiro atoms. The van der Waals surface area contributed by atoms with Crippen LogP contribution in [-0.4, -0.2) is 40.9 Å². The number of hydrogen-bond acceptors (Lipinski definition) is 4. The van der Waals surface area contributed by atoms with Gasteiger partial charge in [-0.3, -0.25) is 4.90 Å². The van der Waals surface area contributed by atoms with Crippen LogP contribution < -0.4 is 10.1 Å². The van der Waals surface area contributed by atoms with E-state index in [9.17, 15) is 0 Å². The summed E-state index contributed by atoms with van der Waals surface area (Å²) < 4.78 is 7.33. The highest BCUT2D eigenvalue weighted by molar-refractivity contribution is 5.39. The van der Waals surface area contributed by atoms with Gasteiger partial charge in [-0.05, 0) is 55.6 Å². The summed E-state index contributed by atoms with van der Waals surface area (Å²) in [6.45, 7) is 6.17. The summed E-state index contributed by atoms with van der Waals surface area (Å²) in [5.41, 5.74) is 4.90. The van der Waals surface area contributed by atoms with Crippen LogP contribution in [0.25, 0.3) is 5.69 Å². The third-order valence-electron chi connectivity index (χ3n) is 5.64. The van der Waals surface area contributed by atoms with Crippen molar-refractivity contribution < 1.29 is 4.74 Å². The quantitative estimate of drug-likeness (QED) is 0.663. The molecule has 1 saturated heterocycles. The van der Waals surface area contributed by atoms with Crippen molar-refractivity contribution in [1.82, 2.24) is 20.0 Å². The number of aromatic nitrogens is 2. The molecule has 2 heterocycles. The van der Waals surface area contributed by atoms with Gasteiger partial charge in [-0.25, -0.2) is 4.68 Å². The lowest BCUT2D eigenvalue weighted by Gasteiger charge is -2.33. The molecule has 4 rings (SSSR count). The van der Waals surface area contributed by atoms with Gasteiger partial charge in [0, 0.05) is 37.4 Å². The van der Waals surface area contributed by atoms with E-state index >= 15 is 0 Å². The van der Waals surface area contributed by atoms with E-state index in [0.717, 1.165) is 37.6 Å². The third-order valence-corrected chi connectivity index (χ3v) is 5.64. The van der Waals surface area contributed by atoms with Crippen LogP contribution in [0.1, 0.15) is 29.5 Å². The van der Waals surface area contributed by atoms with Gasteiger partial charge >= 0.3 is 0 Å². The SMILES string of the molecule is COc1cccc(CN2CCCC(NCc3cnn(-c4ccccc4C)c3)C2)c1. The van der Waals surface area contributed by atoms with Crippen molar-refractivity contribution >= 4 is 0 Å². The summed E-state index contributed by atoms with van der Waals surface area (Å²) in [6.07, 6.45) is 6.55. The van der Waals surface area contributed by atoms with Gasteiger partial charge in [0.2, 0.25) is 0 Å². The number of ether oxygens (including phenoxy) is 1. The lowest BCUT2D eigenvalue weighted by Crippen LogP contribution is -2.44. The second-order valence-electron chi connectivity index (χ2n) is 7.89. The molecule has 3 aromatic rings. The highest BCUT2D eigenvalue weighted by atomic mass is 16.5. The van der Waals surface area contributed by atoms with E-state index in [2.05, 4.69) is 70.9 Å². The monoisotopic (exact) mass is 390 g/mol. The summed E-state index contributed by atoms with van der Waals surface area (Å²) in [7, 11) is 1.72. The molecular formula is C24H30N4O. The number of para-hydroxylation sites is 1. The number of benzene rings is 2. The average molecular weight is 391 g/mol. The molecule has 1 aromatic heterocycles. The fourth-order valence-corrected chi connectivity index (χ4v) is 4.06. The third kappa shape index (κ3) is 5.05. The molecule has 0 bridgehead atoms. The van der Waals surface area contributed by atoms with Gasteiger partial charge in [0.25, 0.3) is 0 Å². The molecule has 152 valence electrons. The highest BCUT2D eigenvalue weighted by Gasteiger charge is 2.20. The Kier molecular flexibility index (Phi) is 6.27. The standard InChI is InChI=1S/C24H30N4O/c1-19-7-3-4-11-24(19)28-17-21(15-26-28)14-25-22-9-6-12-27(18-22)16-20-8-5-10-23(13-20)29-2/h3-5,7-8,10-11,13,15,17,22,25H,6,9,12,14,16,18H2,1-2H3. The Labute approximate surface area is 173 Å². The number of nitrogens with one attached hydrogen (secondary N) is 1. The topological polar surface area (TPSA) is 42.3 Å². The molecule has 1 aliphatic rings. The zero-order chi connectivity index (χ0) is 20.1. The molecule has 0 saturated carbocycles. The lowest BCUT2D eigenvalue weighted by atomic mass is 10.0. The molecule has 5 nitrogen and oxygen atoms in total. The molecule has 0 radical (unpaired) electrons. The molecule has 0 aliphatic carbocycles. The summed E-state index contributed by atoms with van der Waals surface area (Å²) in [4.78, 5) is 2.53. The first kappa shape index (κ1) is 19.7. The number of nitrogens with zero attached hydrogens (tertiary/aromatic N) is 3. The Bertz CT molecular complexity index is 936. The van der Waals surface area contributed by atoms with E-state index in [1.807, 2.05) is 16.9 Å². The van der Waals surface area contributed by atoms with Gasteiger partial charge in [0.15, 0.2) is 0 Å². The van der Waals surface area contributed by atoms with Crippen molar-refractivity contribution in [2.45, 2.75) is 38.9 Å². The largest absolute Gasteiger partial charge is 0.497 e. The molecule has 1 unspecified atom stereocenters. The zero-order valence-electron chi connectivity index (χ0n) is 17.3. The molecule has 29 heavy (non-hydrogen) atoms. The van der Waals surface area contributed by atoms with Crippen LogP contribution in [-0.2, 0) is 13.1 Å². The Morgan fingerprint density at radius 3 is 2.90 bits per heavy atom. The molecule has 1 fully saturated rings. The van der Waals surface area contributed by atoms with Crippen molar-refractivity contribution in [3.63, 3.8) is 0 Å². The first-order chi connectivity index (χ1) is 14.2. The van der Waals surface area contributed by atoms with Gasteiger partial charge in [0.1, 0.15) is 5.75 Å². The van der Waals surface area contributed by atoms with Gasteiger partial charge in [-0.2, -0.15) is 5.10 Å². The first-order valence-electron chi connectivity index (χ1n) is 10.4. The van der Waals surface area contributed by atoms with Crippen molar-refractivity contribution in [1.29, 1.82) is 0 Å². The predicted molar refractivity (Wildman–Crippen MR) is 116 cm³/mol. The maximum Gasteiger partial charge on any atom is 0.119 e. The highest BCUT2D eigenvalue weighted by Crippen LogP contribution is 2.18. The van der Waals surface area contributed by atoms with Crippen molar-refractivity contribution in [2.24, 2.45) is 0 Å². The number of piperidine rings is 1. The minimum atomic E-state index is 0.510. The van der Waals surface area contributed by atoms with E-state index in [1.165, 1.54) is 29.5 Å². The minimum absolute atomic E-state index is 0.510. The van der Waals surface area contributed by atoms with Crippen LogP contribution in [0, 0.1) is 6.92 Å². The van der Waals surface area contributed by atoms with Crippen LogP contribution in [0.3, 0.4) is 0 Å². The molecular weight excluding hydrogens is 360 g/mol. The number of aryl methyl sites for hydroxylation is 1. The maximum absolute atomic E-state index is 5.36. The number of methoxy groups -OCH3 is 1. The molecule has 2 aromatic carbocycles. The van der Waals surface area contributed by atoms with Crippen molar-refractivity contribution in [3.8, 4) is 11.4 Å². The smallest absolute Gasteiger partial charge is 0.119 e.